The molecule has 0 aromatic carbocycles. The van der Waals surface area contributed by atoms with Gasteiger partial charge in [0.1, 0.15) is 0 Å². The molecule has 0 aromatic rings. The van der Waals surface area contributed by atoms with Crippen LogP contribution in [-0.4, -0.2) is 68.9 Å². The molecule has 1 aliphatic rings. The van der Waals surface area contributed by atoms with Crippen LogP contribution < -0.4 is 5.32 Å². The molecule has 1 fully saturated rings. The standard InChI is InChI=1S/C13H26N2O5S/c1-2-21(18,19)15-7-4-12(5-8-15)13(17)14-6-3-10-20-11-9-16/h12,16H,2-11H2,1H3,(H,14,17). The van der Waals surface area contributed by atoms with Gasteiger partial charge in [-0.1, -0.05) is 0 Å². The molecule has 0 radical (unpaired) electrons. The van der Waals surface area contributed by atoms with Gasteiger partial charge in [-0.2, -0.15) is 0 Å². The molecule has 1 amide bonds. The fourth-order valence-electron chi connectivity index (χ4n) is 2.28. The molecule has 8 heteroatoms. The van der Waals surface area contributed by atoms with Crippen LogP contribution in [0.1, 0.15) is 26.2 Å². The SMILES string of the molecule is CCS(=O)(=O)N1CCC(C(=O)NCCCOCCO)CC1. The second-order valence-corrected chi connectivity index (χ2v) is 7.31. The fourth-order valence-corrected chi connectivity index (χ4v) is 3.41. The number of nitrogens with one attached hydrogen (secondary N) is 1. The van der Waals surface area contributed by atoms with E-state index in [9.17, 15) is 13.2 Å². The maximum atomic E-state index is 12.0. The Morgan fingerprint density at radius 2 is 2.00 bits per heavy atom. The van der Waals surface area contributed by atoms with Crippen molar-refractivity contribution < 1.29 is 23.1 Å². The summed E-state index contributed by atoms with van der Waals surface area (Å²) in [6.45, 7) is 3.85. The third kappa shape index (κ3) is 6.29. The highest BCUT2D eigenvalue weighted by atomic mass is 32.2. The van der Waals surface area contributed by atoms with E-state index in [4.69, 9.17) is 9.84 Å². The number of aliphatic hydroxyl groups excluding tert-OH is 1. The Hall–Kier alpha value is -0.700. The van der Waals surface area contributed by atoms with Crippen LogP contribution >= 0.6 is 0 Å². The molecule has 0 unspecified atom stereocenters. The van der Waals surface area contributed by atoms with E-state index in [-0.39, 0.29) is 24.2 Å². The molecule has 1 aliphatic heterocycles. The fraction of sp³-hybridized carbons (Fsp3) is 0.923. The molecule has 0 atom stereocenters. The minimum absolute atomic E-state index is 0.00556. The molecular formula is C13H26N2O5S. The number of sulfonamides is 1. The highest BCUT2D eigenvalue weighted by molar-refractivity contribution is 7.89. The van der Waals surface area contributed by atoms with E-state index in [1.54, 1.807) is 6.92 Å². The van der Waals surface area contributed by atoms with Gasteiger partial charge in [-0.25, -0.2) is 12.7 Å². The maximum absolute atomic E-state index is 12.0. The number of hydrogen-bond acceptors (Lipinski definition) is 5. The summed E-state index contributed by atoms with van der Waals surface area (Å²) in [5.41, 5.74) is 0. The Morgan fingerprint density at radius 3 is 2.57 bits per heavy atom. The topological polar surface area (TPSA) is 95.9 Å². The summed E-state index contributed by atoms with van der Waals surface area (Å²) in [7, 11) is -3.14. The van der Waals surface area contributed by atoms with Crippen molar-refractivity contribution in [1.82, 2.24) is 9.62 Å². The van der Waals surface area contributed by atoms with Gasteiger partial charge in [0.15, 0.2) is 0 Å². The van der Waals surface area contributed by atoms with Crippen molar-refractivity contribution in [2.45, 2.75) is 26.2 Å². The van der Waals surface area contributed by atoms with Crippen LogP contribution in [0.5, 0.6) is 0 Å². The highest BCUT2D eigenvalue weighted by Gasteiger charge is 2.29. The summed E-state index contributed by atoms with van der Waals surface area (Å²) in [6, 6.07) is 0. The average Bonchev–Trinajstić information content (AvgIpc) is 2.50. The number of ether oxygens (including phenoxy) is 1. The number of rotatable bonds is 9. The third-order valence-corrected chi connectivity index (χ3v) is 5.46. The summed E-state index contributed by atoms with van der Waals surface area (Å²) in [6.07, 6.45) is 1.85. The average molecular weight is 322 g/mol. The highest BCUT2D eigenvalue weighted by Crippen LogP contribution is 2.19. The number of piperidine rings is 1. The first-order valence-corrected chi connectivity index (χ1v) is 9.06. The lowest BCUT2D eigenvalue weighted by atomic mass is 9.97. The summed E-state index contributed by atoms with van der Waals surface area (Å²) in [5.74, 6) is -0.00471. The van der Waals surface area contributed by atoms with Crippen LogP contribution in [-0.2, 0) is 19.6 Å². The first-order chi connectivity index (χ1) is 10.0. The van der Waals surface area contributed by atoms with Crippen molar-refractivity contribution in [2.24, 2.45) is 5.92 Å². The molecule has 0 spiro atoms. The molecule has 0 aromatic heterocycles. The smallest absolute Gasteiger partial charge is 0.223 e. The van der Waals surface area contributed by atoms with Crippen LogP contribution in [0.25, 0.3) is 0 Å². The quantitative estimate of drug-likeness (QED) is 0.561. The second kappa shape index (κ2) is 9.34. The lowest BCUT2D eigenvalue weighted by Crippen LogP contribution is -2.43. The van der Waals surface area contributed by atoms with E-state index >= 15 is 0 Å². The van der Waals surface area contributed by atoms with Crippen LogP contribution in [0.15, 0.2) is 0 Å². The summed E-state index contributed by atoms with van der Waals surface area (Å²) < 4.78 is 30.0. The van der Waals surface area contributed by atoms with Crippen molar-refractivity contribution >= 4 is 15.9 Å². The lowest BCUT2D eigenvalue weighted by molar-refractivity contribution is -0.126. The van der Waals surface area contributed by atoms with Crippen LogP contribution in [0, 0.1) is 5.92 Å². The zero-order valence-electron chi connectivity index (χ0n) is 12.6. The van der Waals surface area contributed by atoms with Crippen molar-refractivity contribution in [3.63, 3.8) is 0 Å². The zero-order chi connectivity index (χ0) is 15.7. The zero-order valence-corrected chi connectivity index (χ0v) is 13.4. The minimum atomic E-state index is -3.14. The molecular weight excluding hydrogens is 296 g/mol. The number of carbonyl (C=O) groups excluding carboxylic acids is 1. The van der Waals surface area contributed by atoms with Crippen LogP contribution in [0.2, 0.25) is 0 Å². The van der Waals surface area contributed by atoms with Crippen molar-refractivity contribution in [3.8, 4) is 0 Å². The van der Waals surface area contributed by atoms with Gasteiger partial charge in [0, 0.05) is 32.2 Å². The number of carbonyl (C=O) groups is 1. The summed E-state index contributed by atoms with van der Waals surface area (Å²) in [4.78, 5) is 12.0. The van der Waals surface area contributed by atoms with Gasteiger partial charge in [-0.3, -0.25) is 4.79 Å². The molecule has 124 valence electrons. The van der Waals surface area contributed by atoms with E-state index in [1.807, 2.05) is 0 Å². The van der Waals surface area contributed by atoms with Crippen molar-refractivity contribution in [1.29, 1.82) is 0 Å². The molecule has 2 N–H and O–H groups in total. The Balaban J connectivity index is 2.20. The Labute approximate surface area is 126 Å². The third-order valence-electron chi connectivity index (χ3n) is 3.58. The van der Waals surface area contributed by atoms with Crippen LogP contribution in [0.4, 0.5) is 0 Å². The van der Waals surface area contributed by atoms with Gasteiger partial charge in [0.25, 0.3) is 0 Å². The van der Waals surface area contributed by atoms with E-state index in [0.717, 1.165) is 0 Å². The number of nitrogens with zero attached hydrogens (tertiary/aromatic N) is 1. The van der Waals surface area contributed by atoms with Gasteiger partial charge in [-0.15, -0.1) is 0 Å². The van der Waals surface area contributed by atoms with E-state index in [0.29, 0.717) is 52.1 Å². The van der Waals surface area contributed by atoms with E-state index in [1.165, 1.54) is 4.31 Å². The van der Waals surface area contributed by atoms with Gasteiger partial charge in [0.2, 0.25) is 15.9 Å². The largest absolute Gasteiger partial charge is 0.394 e. The van der Waals surface area contributed by atoms with E-state index in [2.05, 4.69) is 5.32 Å². The second-order valence-electron chi connectivity index (χ2n) is 5.05. The van der Waals surface area contributed by atoms with Crippen molar-refractivity contribution in [2.75, 3.05) is 45.2 Å². The normalized spacial score (nSPS) is 17.8. The molecule has 0 saturated carbocycles. The Morgan fingerprint density at radius 1 is 1.33 bits per heavy atom. The first kappa shape index (κ1) is 18.3. The van der Waals surface area contributed by atoms with Crippen molar-refractivity contribution in [3.05, 3.63) is 0 Å². The molecule has 0 bridgehead atoms. The molecule has 1 saturated heterocycles. The minimum Gasteiger partial charge on any atom is -0.394 e. The first-order valence-electron chi connectivity index (χ1n) is 7.45. The predicted octanol–water partition coefficient (Wildman–Crippen LogP) is -0.437. The summed E-state index contributed by atoms with van der Waals surface area (Å²) >= 11 is 0. The predicted molar refractivity (Wildman–Crippen MR) is 79.3 cm³/mol. The van der Waals surface area contributed by atoms with E-state index < -0.39 is 10.0 Å². The van der Waals surface area contributed by atoms with Gasteiger partial charge < -0.3 is 15.2 Å². The monoisotopic (exact) mass is 322 g/mol. The van der Waals surface area contributed by atoms with Gasteiger partial charge in [0.05, 0.1) is 19.0 Å². The van der Waals surface area contributed by atoms with Gasteiger partial charge >= 0.3 is 0 Å². The molecule has 1 heterocycles. The maximum Gasteiger partial charge on any atom is 0.223 e. The van der Waals surface area contributed by atoms with Crippen LogP contribution in [0.3, 0.4) is 0 Å². The Bertz CT molecular complexity index is 405. The number of hydrogen-bond donors (Lipinski definition) is 2. The molecule has 7 nitrogen and oxygen atoms in total. The Kier molecular flexibility index (Phi) is 8.16. The molecule has 0 aliphatic carbocycles. The number of amides is 1. The lowest BCUT2D eigenvalue weighted by Gasteiger charge is -2.30. The summed E-state index contributed by atoms with van der Waals surface area (Å²) in [5, 5.41) is 11.4. The number of aliphatic hydroxyl groups is 1. The molecule has 1 rings (SSSR count). The molecule has 21 heavy (non-hydrogen) atoms. The van der Waals surface area contributed by atoms with Gasteiger partial charge in [-0.05, 0) is 26.2 Å².